The number of nitrogens with one attached hydrogen (secondary N) is 2. The Morgan fingerprint density at radius 3 is 2.05 bits per heavy atom. The molecule has 0 aromatic heterocycles. The van der Waals surface area contributed by atoms with Gasteiger partial charge in [0.15, 0.2) is 6.61 Å². The first-order chi connectivity index (χ1) is 30.4. The van der Waals surface area contributed by atoms with Gasteiger partial charge in [0.25, 0.3) is 5.91 Å². The fourth-order valence-corrected chi connectivity index (χ4v) is 7.66. The standard InChI is InChI=1S/C51H63N5O7/c1-6-37-30-42(62-25-8-7-24-52)21-22-43(37)38-14-12-35(13-15-38)29-45(53)50(58)55-46(11-9-10-36-27-33(2)26-34(3)28-36)51(59)56-49(44-23-20-41(60-4)31-47(44)61-5)39-16-18-40(19-17-39)63-32-48(54)57/h12-23,26-28,30-31,45-46,49H,6-11,24-25,29,32,52-53H2,1-5H3,(H2,54,57)(H,55,58)(H,56,59)/t45-,46?,49?/m0/s1. The molecule has 334 valence electrons. The van der Waals surface area contributed by atoms with E-state index in [1.54, 1.807) is 50.6 Å². The Morgan fingerprint density at radius 2 is 1.40 bits per heavy atom. The number of primary amides is 1. The Hall–Kier alpha value is -6.37. The number of unbranched alkanes of at least 4 members (excludes halogenated alkanes) is 1. The van der Waals surface area contributed by atoms with E-state index in [4.69, 9.17) is 36.1 Å². The summed E-state index contributed by atoms with van der Waals surface area (Å²) in [5.74, 6) is 0.922. The summed E-state index contributed by atoms with van der Waals surface area (Å²) < 4.78 is 22.7. The van der Waals surface area contributed by atoms with Gasteiger partial charge in [-0.3, -0.25) is 14.4 Å². The first kappa shape index (κ1) is 47.7. The Kier molecular flexibility index (Phi) is 18.0. The van der Waals surface area contributed by atoms with Crippen LogP contribution in [0.5, 0.6) is 23.0 Å². The topological polar surface area (TPSA) is 190 Å². The summed E-state index contributed by atoms with van der Waals surface area (Å²) in [6.45, 7) is 7.26. The van der Waals surface area contributed by atoms with Crippen LogP contribution in [-0.2, 0) is 33.6 Å². The van der Waals surface area contributed by atoms with Crippen LogP contribution in [0, 0.1) is 13.8 Å². The molecule has 0 bridgehead atoms. The lowest BCUT2D eigenvalue weighted by Gasteiger charge is -2.26. The number of ether oxygens (including phenoxy) is 4. The fourth-order valence-electron chi connectivity index (χ4n) is 7.66. The average Bonchev–Trinajstić information content (AvgIpc) is 3.28. The molecule has 12 heteroatoms. The van der Waals surface area contributed by atoms with Crippen LogP contribution in [0.15, 0.2) is 103 Å². The maximum absolute atomic E-state index is 14.5. The van der Waals surface area contributed by atoms with E-state index in [1.165, 1.54) is 5.56 Å². The molecule has 0 aliphatic carbocycles. The molecule has 0 heterocycles. The quantitative estimate of drug-likeness (QED) is 0.0415. The van der Waals surface area contributed by atoms with Crippen molar-refractivity contribution in [2.24, 2.45) is 17.2 Å². The van der Waals surface area contributed by atoms with Gasteiger partial charge in [0.2, 0.25) is 11.8 Å². The summed E-state index contributed by atoms with van der Waals surface area (Å²) in [6.07, 6.45) is 4.66. The Morgan fingerprint density at radius 1 is 0.698 bits per heavy atom. The fraction of sp³-hybridized carbons (Fsp3) is 0.353. The van der Waals surface area contributed by atoms with Crippen molar-refractivity contribution in [2.45, 2.75) is 83.8 Å². The van der Waals surface area contributed by atoms with Gasteiger partial charge >= 0.3 is 0 Å². The number of hydrogen-bond acceptors (Lipinski definition) is 9. The highest BCUT2D eigenvalue weighted by atomic mass is 16.5. The van der Waals surface area contributed by atoms with E-state index in [2.05, 4.69) is 61.7 Å². The molecule has 5 aromatic rings. The van der Waals surface area contributed by atoms with E-state index in [9.17, 15) is 14.4 Å². The number of rotatable bonds is 24. The van der Waals surface area contributed by atoms with Gasteiger partial charge in [-0.1, -0.05) is 78.7 Å². The second-order valence-corrected chi connectivity index (χ2v) is 15.8. The van der Waals surface area contributed by atoms with E-state index in [-0.39, 0.29) is 13.0 Å². The van der Waals surface area contributed by atoms with Crippen molar-refractivity contribution in [3.05, 3.63) is 142 Å². The highest BCUT2D eigenvalue weighted by Crippen LogP contribution is 2.34. The van der Waals surface area contributed by atoms with Crippen LogP contribution in [-0.4, -0.2) is 63.8 Å². The maximum Gasteiger partial charge on any atom is 0.255 e. The van der Waals surface area contributed by atoms with Crippen LogP contribution < -0.4 is 46.8 Å². The minimum Gasteiger partial charge on any atom is -0.497 e. The smallest absolute Gasteiger partial charge is 0.255 e. The van der Waals surface area contributed by atoms with Gasteiger partial charge in [-0.2, -0.15) is 0 Å². The van der Waals surface area contributed by atoms with Crippen molar-refractivity contribution >= 4 is 17.7 Å². The first-order valence-electron chi connectivity index (χ1n) is 21.6. The van der Waals surface area contributed by atoms with Crippen LogP contribution in [0.2, 0.25) is 0 Å². The molecule has 0 radical (unpaired) electrons. The summed E-state index contributed by atoms with van der Waals surface area (Å²) >= 11 is 0. The summed E-state index contributed by atoms with van der Waals surface area (Å²) in [4.78, 5) is 39.8. The van der Waals surface area contributed by atoms with Crippen LogP contribution in [0.3, 0.4) is 0 Å². The van der Waals surface area contributed by atoms with Gasteiger partial charge in [-0.15, -0.1) is 0 Å². The third kappa shape index (κ3) is 14.1. The van der Waals surface area contributed by atoms with E-state index in [0.717, 1.165) is 58.4 Å². The third-order valence-corrected chi connectivity index (χ3v) is 10.9. The highest BCUT2D eigenvalue weighted by molar-refractivity contribution is 5.90. The lowest BCUT2D eigenvalue weighted by molar-refractivity contribution is -0.130. The van der Waals surface area contributed by atoms with Crippen molar-refractivity contribution in [1.29, 1.82) is 0 Å². The molecule has 0 fully saturated rings. The molecule has 5 rings (SSSR count). The van der Waals surface area contributed by atoms with Crippen LogP contribution in [0.4, 0.5) is 0 Å². The van der Waals surface area contributed by atoms with Crippen molar-refractivity contribution in [3.63, 3.8) is 0 Å². The monoisotopic (exact) mass is 857 g/mol. The van der Waals surface area contributed by atoms with Gasteiger partial charge in [-0.25, -0.2) is 0 Å². The van der Waals surface area contributed by atoms with E-state index < -0.39 is 35.8 Å². The summed E-state index contributed by atoms with van der Waals surface area (Å²) in [5, 5.41) is 6.21. The Labute approximate surface area is 371 Å². The molecular weight excluding hydrogens is 795 g/mol. The van der Waals surface area contributed by atoms with Gasteiger partial charge in [0.05, 0.1) is 32.9 Å². The zero-order valence-electron chi connectivity index (χ0n) is 37.2. The lowest BCUT2D eigenvalue weighted by Crippen LogP contribution is -2.52. The van der Waals surface area contributed by atoms with Crippen molar-refractivity contribution < 1.29 is 33.3 Å². The molecule has 8 N–H and O–H groups in total. The number of carbonyl (C=O) groups excluding carboxylic acids is 3. The van der Waals surface area contributed by atoms with E-state index >= 15 is 0 Å². The highest BCUT2D eigenvalue weighted by Gasteiger charge is 2.28. The van der Waals surface area contributed by atoms with E-state index in [0.29, 0.717) is 60.8 Å². The molecule has 0 aliphatic heterocycles. The number of hydrogen-bond donors (Lipinski definition) is 5. The molecular formula is C51H63N5O7. The van der Waals surface area contributed by atoms with Gasteiger partial charge in [0.1, 0.15) is 29.0 Å². The Bertz CT molecular complexity index is 2260. The molecule has 3 amide bonds. The van der Waals surface area contributed by atoms with Crippen LogP contribution in [0.25, 0.3) is 11.1 Å². The van der Waals surface area contributed by atoms with Crippen LogP contribution >= 0.6 is 0 Å². The molecule has 0 aliphatic rings. The van der Waals surface area contributed by atoms with Crippen molar-refractivity contribution in [2.75, 3.05) is 34.0 Å². The molecule has 2 unspecified atom stereocenters. The molecule has 5 aromatic carbocycles. The maximum atomic E-state index is 14.5. The molecule has 0 saturated heterocycles. The number of benzene rings is 5. The number of amides is 3. The van der Waals surface area contributed by atoms with Crippen molar-refractivity contribution in [3.8, 4) is 34.1 Å². The number of nitrogens with two attached hydrogens (primary N) is 3. The molecule has 0 spiro atoms. The molecule has 63 heavy (non-hydrogen) atoms. The van der Waals surface area contributed by atoms with Crippen LogP contribution in [0.1, 0.15) is 77.6 Å². The number of aryl methyl sites for hydroxylation is 4. The predicted molar refractivity (Wildman–Crippen MR) is 248 cm³/mol. The molecule has 0 saturated carbocycles. The molecule has 12 nitrogen and oxygen atoms in total. The minimum absolute atomic E-state index is 0.273. The normalized spacial score (nSPS) is 12.4. The number of methoxy groups -OCH3 is 2. The zero-order valence-corrected chi connectivity index (χ0v) is 37.2. The van der Waals surface area contributed by atoms with Gasteiger partial charge < -0.3 is 46.8 Å². The largest absolute Gasteiger partial charge is 0.497 e. The van der Waals surface area contributed by atoms with Gasteiger partial charge in [-0.05, 0) is 135 Å². The summed E-state index contributed by atoms with van der Waals surface area (Å²) in [6, 6.07) is 30.4. The zero-order chi connectivity index (χ0) is 45.3. The SMILES string of the molecule is CCc1cc(OCCCCN)ccc1-c1ccc(C[C@H](N)C(=O)NC(CCCc2cc(C)cc(C)c2)C(=O)NC(c2ccc(OCC(N)=O)cc2)c2ccc(OC)cc2OC)cc1. The minimum atomic E-state index is -0.919. The second kappa shape index (κ2) is 23.7. The average molecular weight is 858 g/mol. The third-order valence-electron chi connectivity index (χ3n) is 10.9. The summed E-state index contributed by atoms with van der Waals surface area (Å²) in [7, 11) is 3.11. The lowest BCUT2D eigenvalue weighted by atomic mass is 9.95. The van der Waals surface area contributed by atoms with E-state index in [1.807, 2.05) is 36.4 Å². The summed E-state index contributed by atoms with van der Waals surface area (Å²) in [5.41, 5.74) is 26.6. The second-order valence-electron chi connectivity index (χ2n) is 15.8. The molecule has 3 atom stereocenters. The number of carbonyl (C=O) groups is 3. The Balaban J connectivity index is 1.35. The van der Waals surface area contributed by atoms with Crippen molar-refractivity contribution in [1.82, 2.24) is 10.6 Å². The predicted octanol–water partition coefficient (Wildman–Crippen LogP) is 6.82. The van der Waals surface area contributed by atoms with Gasteiger partial charge in [0, 0.05) is 11.6 Å². The first-order valence-corrected chi connectivity index (χ1v) is 21.6.